The number of aromatic nitrogens is 2. The molecule has 3 aromatic rings. The smallest absolute Gasteiger partial charge is 0.271 e. The predicted octanol–water partition coefficient (Wildman–Crippen LogP) is 4.04. The summed E-state index contributed by atoms with van der Waals surface area (Å²) in [5, 5.41) is 20.5. The number of carbonyl (C=O) groups is 1. The van der Waals surface area contributed by atoms with Gasteiger partial charge in [-0.05, 0) is 36.9 Å². The van der Waals surface area contributed by atoms with Crippen molar-refractivity contribution in [2.75, 3.05) is 0 Å². The Balaban J connectivity index is 2.09. The molecule has 1 amide bonds. The topological polar surface area (TPSA) is 90.1 Å². The minimum absolute atomic E-state index is 0.0150. The Morgan fingerprint density at radius 3 is 2.81 bits per heavy atom. The van der Waals surface area contributed by atoms with Gasteiger partial charge in [-0.3, -0.25) is 14.9 Å². The quantitative estimate of drug-likeness (QED) is 0.524. The lowest BCUT2D eigenvalue weighted by Crippen LogP contribution is -2.33. The fourth-order valence-electron chi connectivity index (χ4n) is 2.42. The Hall–Kier alpha value is -3.00. The van der Waals surface area contributed by atoms with Gasteiger partial charge in [0, 0.05) is 18.2 Å². The highest BCUT2D eigenvalue weighted by Crippen LogP contribution is 2.26. The number of nitro groups is 1. The molecular formula is C18H18N4O3S. The number of nitrogens with zero attached hydrogens (tertiary/aromatic N) is 3. The van der Waals surface area contributed by atoms with Crippen LogP contribution in [0.2, 0.25) is 0 Å². The first-order valence-corrected chi connectivity index (χ1v) is 9.07. The number of rotatable bonds is 6. The van der Waals surface area contributed by atoms with Crippen LogP contribution < -0.4 is 5.32 Å². The van der Waals surface area contributed by atoms with Crippen molar-refractivity contribution in [3.05, 3.63) is 63.7 Å². The van der Waals surface area contributed by atoms with Crippen molar-refractivity contribution in [1.29, 1.82) is 0 Å². The van der Waals surface area contributed by atoms with Gasteiger partial charge in [0.2, 0.25) is 0 Å². The monoisotopic (exact) mass is 370 g/mol. The zero-order valence-electron chi connectivity index (χ0n) is 14.4. The highest BCUT2D eigenvalue weighted by Gasteiger charge is 2.20. The highest BCUT2D eigenvalue weighted by atomic mass is 32.1. The van der Waals surface area contributed by atoms with Gasteiger partial charge < -0.3 is 5.32 Å². The molecule has 0 saturated heterocycles. The zero-order valence-corrected chi connectivity index (χ0v) is 15.2. The maximum Gasteiger partial charge on any atom is 0.271 e. The van der Waals surface area contributed by atoms with Crippen molar-refractivity contribution >= 4 is 22.9 Å². The number of nitrogens with one attached hydrogen (secondary N) is 1. The van der Waals surface area contributed by atoms with E-state index in [0.29, 0.717) is 17.1 Å². The van der Waals surface area contributed by atoms with Crippen molar-refractivity contribution < 1.29 is 9.72 Å². The summed E-state index contributed by atoms with van der Waals surface area (Å²) in [5.74, 6) is -0.263. The summed E-state index contributed by atoms with van der Waals surface area (Å²) in [6, 6.07) is 11.6. The van der Waals surface area contributed by atoms with Crippen molar-refractivity contribution in [2.24, 2.45) is 0 Å². The number of non-ortho nitro benzene ring substituents is 1. The van der Waals surface area contributed by atoms with Gasteiger partial charge in [0.05, 0.1) is 15.5 Å². The second-order valence-electron chi connectivity index (χ2n) is 5.86. The Labute approximate surface area is 154 Å². The average molecular weight is 370 g/mol. The number of hydrogen-bond acceptors (Lipinski definition) is 5. The van der Waals surface area contributed by atoms with Gasteiger partial charge in [0.25, 0.3) is 11.6 Å². The molecule has 0 radical (unpaired) electrons. The van der Waals surface area contributed by atoms with Crippen LogP contribution in [0.3, 0.4) is 0 Å². The van der Waals surface area contributed by atoms with Crippen molar-refractivity contribution in [2.45, 2.75) is 26.3 Å². The third-order valence-corrected chi connectivity index (χ3v) is 4.88. The molecule has 1 atom stereocenters. The molecule has 0 fully saturated rings. The lowest BCUT2D eigenvalue weighted by atomic mass is 10.2. The van der Waals surface area contributed by atoms with E-state index in [1.165, 1.54) is 28.2 Å². The SMILES string of the molecule is CC[C@H](C)NC(=O)c1cc(-c2cccs2)nn1-c1cccc([N+](=O)[O-])c1. The standard InChI is InChI=1S/C18H18N4O3S/c1-3-12(2)19-18(23)16-11-15(17-8-5-9-26-17)20-21(16)13-6-4-7-14(10-13)22(24)25/h4-12H,3H2,1-2H3,(H,19,23)/t12-/m0/s1. The number of hydrogen-bond donors (Lipinski definition) is 1. The number of carbonyl (C=O) groups excluding carboxylic acids is 1. The van der Waals surface area contributed by atoms with Crippen molar-refractivity contribution in [3.63, 3.8) is 0 Å². The summed E-state index contributed by atoms with van der Waals surface area (Å²) in [7, 11) is 0. The van der Waals surface area contributed by atoms with Crippen LogP contribution in [0, 0.1) is 10.1 Å². The molecule has 0 aliphatic carbocycles. The summed E-state index contributed by atoms with van der Waals surface area (Å²) in [6.45, 7) is 3.91. The van der Waals surface area contributed by atoms with E-state index in [4.69, 9.17) is 0 Å². The van der Waals surface area contributed by atoms with Crippen LogP contribution in [0.4, 0.5) is 5.69 Å². The van der Waals surface area contributed by atoms with Crippen molar-refractivity contribution in [1.82, 2.24) is 15.1 Å². The molecule has 1 N–H and O–H groups in total. The van der Waals surface area contributed by atoms with Gasteiger partial charge in [-0.15, -0.1) is 11.3 Å². The molecule has 3 rings (SSSR count). The predicted molar refractivity (Wildman–Crippen MR) is 101 cm³/mol. The number of benzene rings is 1. The van der Waals surface area contributed by atoms with Gasteiger partial charge in [0.15, 0.2) is 0 Å². The maximum atomic E-state index is 12.7. The summed E-state index contributed by atoms with van der Waals surface area (Å²) in [4.78, 5) is 24.2. The fourth-order valence-corrected chi connectivity index (χ4v) is 3.10. The minimum atomic E-state index is -0.466. The summed E-state index contributed by atoms with van der Waals surface area (Å²) >= 11 is 1.52. The first-order valence-electron chi connectivity index (χ1n) is 8.19. The van der Waals surface area contributed by atoms with E-state index in [0.717, 1.165) is 11.3 Å². The highest BCUT2D eigenvalue weighted by molar-refractivity contribution is 7.13. The van der Waals surface area contributed by atoms with Crippen LogP contribution in [-0.4, -0.2) is 26.7 Å². The molecule has 134 valence electrons. The molecule has 0 unspecified atom stereocenters. The van der Waals surface area contributed by atoms with E-state index in [2.05, 4.69) is 10.4 Å². The molecular weight excluding hydrogens is 352 g/mol. The molecule has 2 aromatic heterocycles. The normalized spacial score (nSPS) is 11.9. The van der Waals surface area contributed by atoms with Crippen LogP contribution >= 0.6 is 11.3 Å². The van der Waals surface area contributed by atoms with Crippen molar-refractivity contribution in [3.8, 4) is 16.3 Å². The molecule has 0 aliphatic heterocycles. The molecule has 2 heterocycles. The largest absolute Gasteiger partial charge is 0.348 e. The lowest BCUT2D eigenvalue weighted by Gasteiger charge is -2.12. The number of amides is 1. The zero-order chi connectivity index (χ0) is 18.7. The van der Waals surface area contributed by atoms with Crippen LogP contribution in [-0.2, 0) is 0 Å². The number of thiophene rings is 1. The molecule has 0 saturated carbocycles. The molecule has 0 spiro atoms. The van der Waals surface area contributed by atoms with Gasteiger partial charge in [-0.1, -0.05) is 19.1 Å². The molecule has 7 nitrogen and oxygen atoms in total. The first kappa shape index (κ1) is 17.8. The van der Waals surface area contributed by atoms with Gasteiger partial charge in [-0.25, -0.2) is 4.68 Å². The minimum Gasteiger partial charge on any atom is -0.348 e. The van der Waals surface area contributed by atoms with E-state index in [1.807, 2.05) is 31.4 Å². The van der Waals surface area contributed by atoms with E-state index in [1.54, 1.807) is 18.2 Å². The second-order valence-corrected chi connectivity index (χ2v) is 6.81. The third kappa shape index (κ3) is 3.65. The lowest BCUT2D eigenvalue weighted by molar-refractivity contribution is -0.384. The molecule has 0 bridgehead atoms. The summed E-state index contributed by atoms with van der Waals surface area (Å²) in [5.41, 5.74) is 1.41. The van der Waals surface area contributed by atoms with Crippen LogP contribution in [0.5, 0.6) is 0 Å². The number of nitro benzene ring substituents is 1. The maximum absolute atomic E-state index is 12.7. The average Bonchev–Trinajstić information content (AvgIpc) is 3.31. The van der Waals surface area contributed by atoms with Crippen LogP contribution in [0.1, 0.15) is 30.8 Å². The summed E-state index contributed by atoms with van der Waals surface area (Å²) in [6.07, 6.45) is 0.800. The molecule has 1 aromatic carbocycles. The van der Waals surface area contributed by atoms with E-state index >= 15 is 0 Å². The van der Waals surface area contributed by atoms with E-state index in [9.17, 15) is 14.9 Å². The Morgan fingerprint density at radius 1 is 1.35 bits per heavy atom. The Kier molecular flexibility index (Phi) is 5.13. The summed E-state index contributed by atoms with van der Waals surface area (Å²) < 4.78 is 1.46. The second kappa shape index (κ2) is 7.49. The third-order valence-electron chi connectivity index (χ3n) is 3.99. The van der Waals surface area contributed by atoms with E-state index < -0.39 is 4.92 Å². The van der Waals surface area contributed by atoms with Gasteiger partial charge >= 0.3 is 0 Å². The van der Waals surface area contributed by atoms with Crippen LogP contribution in [0.25, 0.3) is 16.3 Å². The Morgan fingerprint density at radius 2 is 2.15 bits per heavy atom. The Bertz CT molecular complexity index is 934. The first-order chi connectivity index (χ1) is 12.5. The molecule has 0 aliphatic rings. The molecule has 26 heavy (non-hydrogen) atoms. The van der Waals surface area contributed by atoms with E-state index in [-0.39, 0.29) is 17.6 Å². The fraction of sp³-hybridized carbons (Fsp3) is 0.222. The van der Waals surface area contributed by atoms with Crippen LogP contribution in [0.15, 0.2) is 47.8 Å². The van der Waals surface area contributed by atoms with Gasteiger partial charge in [-0.2, -0.15) is 5.10 Å². The molecule has 8 heteroatoms. The van der Waals surface area contributed by atoms with Gasteiger partial charge in [0.1, 0.15) is 11.4 Å².